The zero-order valence-corrected chi connectivity index (χ0v) is 13.6. The molecule has 0 fully saturated rings. The highest BCUT2D eigenvalue weighted by Crippen LogP contribution is 2.35. The normalized spacial score (nSPS) is 13.1. The predicted molar refractivity (Wildman–Crippen MR) is 85.0 cm³/mol. The topological polar surface area (TPSA) is 205 Å². The van der Waals surface area contributed by atoms with Crippen molar-refractivity contribution in [2.24, 2.45) is 0 Å². The molecule has 2 atom stereocenters. The summed E-state index contributed by atoms with van der Waals surface area (Å²) >= 11 is 0. The highest BCUT2D eigenvalue weighted by Gasteiger charge is 2.23. The van der Waals surface area contributed by atoms with E-state index in [4.69, 9.17) is 40.9 Å². The molecule has 2 unspecified atom stereocenters. The lowest BCUT2D eigenvalue weighted by Gasteiger charge is -2.13. The molecule has 0 spiro atoms. The number of aromatic carboxylic acids is 1. The van der Waals surface area contributed by atoms with Crippen LogP contribution in [-0.2, 0) is 9.53 Å². The standard InChI is InChI=1S/C8H14O6.C7H6O5/c1-14-5(4-9)2-3-6(10)7(11)8(12)13;8-4-1-3(7(11)12)2-5(9)6(4)10/h4,6-7,9-11H,2-3H2,1H3,(H,12,13);1-2,8-10H,(H,11,12)/b5-4-;. The molecule has 11 heteroatoms. The Bertz CT molecular complexity index is 630. The number of phenolic OH excluding ortho intramolecular Hbond substituents is 3. The summed E-state index contributed by atoms with van der Waals surface area (Å²) in [5.74, 6) is -4.61. The molecule has 0 radical (unpaired) electrons. The van der Waals surface area contributed by atoms with Gasteiger partial charge in [-0.15, -0.1) is 0 Å². The summed E-state index contributed by atoms with van der Waals surface area (Å²) in [6, 6.07) is 1.69. The molecule has 146 valence electrons. The largest absolute Gasteiger partial charge is 0.512 e. The quantitative estimate of drug-likeness (QED) is 0.237. The average Bonchev–Trinajstić information content (AvgIpc) is 2.59. The van der Waals surface area contributed by atoms with Crippen molar-refractivity contribution >= 4 is 11.9 Å². The monoisotopic (exact) mass is 376 g/mol. The van der Waals surface area contributed by atoms with Gasteiger partial charge in [0.25, 0.3) is 0 Å². The van der Waals surface area contributed by atoms with E-state index in [0.29, 0.717) is 0 Å². The van der Waals surface area contributed by atoms with Gasteiger partial charge in [-0.05, 0) is 18.6 Å². The number of hydrogen-bond acceptors (Lipinski definition) is 9. The van der Waals surface area contributed by atoms with Gasteiger partial charge in [0.15, 0.2) is 23.4 Å². The van der Waals surface area contributed by atoms with Crippen LogP contribution in [0, 0.1) is 0 Å². The van der Waals surface area contributed by atoms with Crippen molar-refractivity contribution in [3.63, 3.8) is 0 Å². The Morgan fingerprint density at radius 3 is 1.96 bits per heavy atom. The third-order valence-electron chi connectivity index (χ3n) is 3.03. The number of aliphatic hydroxyl groups excluding tert-OH is 3. The Balaban J connectivity index is 0.000000485. The number of hydrogen-bond donors (Lipinski definition) is 8. The van der Waals surface area contributed by atoms with Gasteiger partial charge < -0.3 is 45.6 Å². The lowest BCUT2D eigenvalue weighted by Crippen LogP contribution is -2.33. The molecule has 8 N–H and O–H groups in total. The number of phenols is 3. The molecule has 0 aliphatic heterocycles. The molecule has 1 aromatic carbocycles. The number of carbonyl (C=O) groups is 2. The van der Waals surface area contributed by atoms with Crippen molar-refractivity contribution in [2.75, 3.05) is 7.11 Å². The first-order chi connectivity index (χ1) is 12.0. The van der Waals surface area contributed by atoms with E-state index < -0.39 is 41.4 Å². The summed E-state index contributed by atoms with van der Waals surface area (Å²) in [4.78, 5) is 20.5. The second-order valence-corrected chi connectivity index (χ2v) is 4.86. The van der Waals surface area contributed by atoms with Crippen molar-refractivity contribution in [2.45, 2.75) is 25.0 Å². The summed E-state index contributed by atoms with van der Waals surface area (Å²) in [5.41, 5.74) is -0.289. The van der Waals surface area contributed by atoms with Gasteiger partial charge in [-0.3, -0.25) is 0 Å². The molecule has 0 aliphatic rings. The number of allylic oxidation sites excluding steroid dienone is 1. The van der Waals surface area contributed by atoms with Crippen LogP contribution in [0.3, 0.4) is 0 Å². The van der Waals surface area contributed by atoms with Gasteiger partial charge in [0.2, 0.25) is 0 Å². The fourth-order valence-electron chi connectivity index (χ4n) is 1.56. The second kappa shape index (κ2) is 10.6. The van der Waals surface area contributed by atoms with E-state index >= 15 is 0 Å². The van der Waals surface area contributed by atoms with Crippen LogP contribution in [0.1, 0.15) is 23.2 Å². The highest BCUT2D eigenvalue weighted by molar-refractivity contribution is 5.89. The summed E-state index contributed by atoms with van der Waals surface area (Å²) in [6.45, 7) is 0. The Morgan fingerprint density at radius 2 is 1.62 bits per heavy atom. The van der Waals surface area contributed by atoms with Crippen LogP contribution in [0.25, 0.3) is 0 Å². The maximum Gasteiger partial charge on any atom is 0.335 e. The molecule has 26 heavy (non-hydrogen) atoms. The van der Waals surface area contributed by atoms with Crippen molar-refractivity contribution < 1.29 is 55.2 Å². The lowest BCUT2D eigenvalue weighted by molar-refractivity contribution is -0.153. The first-order valence-electron chi connectivity index (χ1n) is 6.99. The molecule has 1 aromatic rings. The number of carboxylic acid groups (broad SMARTS) is 2. The summed E-state index contributed by atoms with van der Waals surface area (Å²) in [7, 11) is 1.34. The minimum absolute atomic E-state index is 0.00625. The Labute approximate surface area is 147 Å². The zero-order valence-electron chi connectivity index (χ0n) is 13.6. The number of methoxy groups -OCH3 is 1. The number of aliphatic carboxylic acids is 1. The smallest absolute Gasteiger partial charge is 0.335 e. The van der Waals surface area contributed by atoms with Crippen LogP contribution >= 0.6 is 0 Å². The SMILES string of the molecule is CO/C(=C\O)CCC(O)C(O)C(=O)O.O=C(O)c1cc(O)c(O)c(O)c1. The van der Waals surface area contributed by atoms with Gasteiger partial charge in [0.05, 0.1) is 18.8 Å². The number of rotatable bonds is 7. The summed E-state index contributed by atoms with van der Waals surface area (Å²) in [5, 5.41) is 69.8. The third kappa shape index (κ3) is 7.15. The van der Waals surface area contributed by atoms with Gasteiger partial charge in [-0.2, -0.15) is 0 Å². The minimum atomic E-state index is -1.81. The van der Waals surface area contributed by atoms with E-state index in [1.165, 1.54) is 7.11 Å². The van der Waals surface area contributed by atoms with E-state index in [1.807, 2.05) is 0 Å². The third-order valence-corrected chi connectivity index (χ3v) is 3.03. The fraction of sp³-hybridized carbons (Fsp3) is 0.333. The lowest BCUT2D eigenvalue weighted by atomic mass is 10.1. The molecule has 0 heterocycles. The van der Waals surface area contributed by atoms with E-state index in [1.54, 1.807) is 0 Å². The average molecular weight is 376 g/mol. The van der Waals surface area contributed by atoms with Crippen LogP contribution in [-0.4, -0.2) is 72.1 Å². The molecule has 11 nitrogen and oxygen atoms in total. The zero-order chi connectivity index (χ0) is 20.4. The Hall–Kier alpha value is -3.18. The number of ether oxygens (including phenoxy) is 1. The van der Waals surface area contributed by atoms with Crippen LogP contribution < -0.4 is 0 Å². The maximum absolute atomic E-state index is 10.3. The number of aromatic hydroxyl groups is 3. The van der Waals surface area contributed by atoms with Crippen LogP contribution in [0.15, 0.2) is 24.2 Å². The van der Waals surface area contributed by atoms with Gasteiger partial charge >= 0.3 is 11.9 Å². The van der Waals surface area contributed by atoms with Crippen LogP contribution in [0.2, 0.25) is 0 Å². The molecule has 0 saturated heterocycles. The van der Waals surface area contributed by atoms with Crippen molar-refractivity contribution in [3.8, 4) is 17.2 Å². The molecular weight excluding hydrogens is 356 g/mol. The molecule has 1 rings (SSSR count). The number of benzene rings is 1. The van der Waals surface area contributed by atoms with E-state index in [-0.39, 0.29) is 24.2 Å². The highest BCUT2D eigenvalue weighted by atomic mass is 16.5. The Kier molecular flexibility index (Phi) is 9.34. The van der Waals surface area contributed by atoms with Gasteiger partial charge in [-0.25, -0.2) is 9.59 Å². The minimum Gasteiger partial charge on any atom is -0.512 e. The molecule has 0 bridgehead atoms. The number of carboxylic acids is 2. The van der Waals surface area contributed by atoms with Crippen LogP contribution in [0.4, 0.5) is 0 Å². The van der Waals surface area contributed by atoms with E-state index in [9.17, 15) is 9.59 Å². The van der Waals surface area contributed by atoms with Crippen molar-refractivity contribution in [1.82, 2.24) is 0 Å². The van der Waals surface area contributed by atoms with E-state index in [0.717, 1.165) is 18.4 Å². The first-order valence-corrected chi connectivity index (χ1v) is 6.99. The van der Waals surface area contributed by atoms with Crippen LogP contribution in [0.5, 0.6) is 17.2 Å². The van der Waals surface area contributed by atoms with Gasteiger partial charge in [0, 0.05) is 6.42 Å². The summed E-state index contributed by atoms with van der Waals surface area (Å²) in [6.07, 6.45) is -2.32. The van der Waals surface area contributed by atoms with Gasteiger partial charge in [-0.1, -0.05) is 0 Å². The molecule has 0 aromatic heterocycles. The van der Waals surface area contributed by atoms with Gasteiger partial charge in [0.1, 0.15) is 12.0 Å². The molecule has 0 amide bonds. The molecule has 0 saturated carbocycles. The van der Waals surface area contributed by atoms with E-state index in [2.05, 4.69) is 4.74 Å². The first kappa shape index (κ1) is 22.8. The molecular formula is C15H20O11. The molecule has 0 aliphatic carbocycles. The van der Waals surface area contributed by atoms with Crippen molar-refractivity contribution in [3.05, 3.63) is 29.7 Å². The summed E-state index contributed by atoms with van der Waals surface area (Å²) < 4.78 is 4.66. The maximum atomic E-state index is 10.3. The fourth-order valence-corrected chi connectivity index (χ4v) is 1.56. The van der Waals surface area contributed by atoms with Crippen molar-refractivity contribution in [1.29, 1.82) is 0 Å². The predicted octanol–water partition coefficient (Wildman–Crippen LogP) is 0.120. The second-order valence-electron chi connectivity index (χ2n) is 4.86. The Morgan fingerprint density at radius 1 is 1.12 bits per heavy atom. The number of aliphatic hydroxyl groups is 3.